The number of aromatic nitrogens is 4. The number of aliphatic hydroxyl groups is 1. The summed E-state index contributed by atoms with van der Waals surface area (Å²) < 4.78 is 32.5. The summed E-state index contributed by atoms with van der Waals surface area (Å²) in [5, 5.41) is 12.0. The zero-order valence-corrected chi connectivity index (χ0v) is 19.1. The predicted octanol–water partition coefficient (Wildman–Crippen LogP) is 2.11. The van der Waals surface area contributed by atoms with E-state index in [0.29, 0.717) is 17.0 Å². The molecule has 0 bridgehead atoms. The number of hydrogen-bond acceptors (Lipinski definition) is 9. The minimum atomic E-state index is -1.53. The zero-order valence-electron chi connectivity index (χ0n) is 18.3. The molecule has 0 saturated carbocycles. The number of halogens is 1. The first-order valence-electron chi connectivity index (χ1n) is 10.3. The fraction of sp³-hybridized carbons (Fsp3) is 0.750. The third-order valence-electron chi connectivity index (χ3n) is 5.96. The van der Waals surface area contributed by atoms with Gasteiger partial charge in [-0.3, -0.25) is 4.57 Å². The van der Waals surface area contributed by atoms with Crippen molar-refractivity contribution in [2.45, 2.75) is 89.4 Å². The van der Waals surface area contributed by atoms with E-state index in [4.69, 9.17) is 35.3 Å². The van der Waals surface area contributed by atoms with Crippen molar-refractivity contribution in [2.24, 2.45) is 0 Å². The van der Waals surface area contributed by atoms with Gasteiger partial charge < -0.3 is 28.8 Å². The van der Waals surface area contributed by atoms with Gasteiger partial charge >= 0.3 is 0 Å². The average Bonchev–Trinajstić information content (AvgIpc) is 3.19. The van der Waals surface area contributed by atoms with Crippen LogP contribution in [0.3, 0.4) is 0 Å². The largest absolute Gasteiger partial charge is 0.383 e. The summed E-state index contributed by atoms with van der Waals surface area (Å²) in [5.74, 6) is -1.25. The Kier molecular flexibility index (Phi) is 4.70. The second kappa shape index (κ2) is 6.80. The maximum absolute atomic E-state index is 11.8. The number of nitrogens with zero attached hydrogens (tertiary/aromatic N) is 4. The predicted molar refractivity (Wildman–Crippen MR) is 108 cm³/mol. The quantitative estimate of drug-likeness (QED) is 0.647. The molecule has 5 rings (SSSR count). The molecule has 0 aromatic carbocycles. The highest BCUT2D eigenvalue weighted by Crippen LogP contribution is 2.47. The Balaban J connectivity index is 1.64. The van der Waals surface area contributed by atoms with Crippen LogP contribution in [0.25, 0.3) is 11.2 Å². The van der Waals surface area contributed by atoms with Crippen LogP contribution in [0.5, 0.6) is 0 Å². The molecule has 5 heterocycles. The standard InChI is InChI=1S/C20H27ClN4O6/c1-9-23-15(21)11-16(24-9)25(8-22-11)17-20(6,26)14-13(30-19(4,5)31-14)12-10(28-17)7-27-18(2,3)29-12/h8,10,12-14,17,26H,7H2,1-6H3/t10?,12-,13-,14?,17+,20?/m0/s1. The fourth-order valence-electron chi connectivity index (χ4n) is 4.64. The van der Waals surface area contributed by atoms with Gasteiger partial charge in [-0.2, -0.15) is 0 Å². The van der Waals surface area contributed by atoms with Crippen molar-refractivity contribution in [3.8, 4) is 0 Å². The van der Waals surface area contributed by atoms with Gasteiger partial charge in [0.1, 0.15) is 41.4 Å². The molecule has 3 fully saturated rings. The van der Waals surface area contributed by atoms with E-state index in [0.717, 1.165) is 0 Å². The van der Waals surface area contributed by atoms with E-state index in [-0.39, 0.29) is 11.8 Å². The van der Waals surface area contributed by atoms with E-state index < -0.39 is 47.8 Å². The number of imidazole rings is 1. The molecule has 10 nitrogen and oxygen atoms in total. The number of fused-ring (bicyclic) bond motifs is 4. The lowest BCUT2D eigenvalue weighted by Crippen LogP contribution is -2.56. The van der Waals surface area contributed by atoms with Crippen LogP contribution >= 0.6 is 11.6 Å². The maximum Gasteiger partial charge on any atom is 0.168 e. The first kappa shape index (κ1) is 21.4. The van der Waals surface area contributed by atoms with E-state index in [1.807, 2.05) is 27.7 Å². The monoisotopic (exact) mass is 454 g/mol. The van der Waals surface area contributed by atoms with Crippen LogP contribution in [-0.4, -0.2) is 72.8 Å². The van der Waals surface area contributed by atoms with Crippen LogP contribution in [0.1, 0.15) is 46.7 Å². The molecular weight excluding hydrogens is 428 g/mol. The Labute approximate surface area is 184 Å². The maximum atomic E-state index is 11.8. The SMILES string of the molecule is Cc1nc(Cl)c2ncn([C@@H]3OC4COC(C)(C)O[C@@H]4[C@@H]4OC(C)(C)OC4C3(C)O)c2n1. The third-order valence-corrected chi connectivity index (χ3v) is 6.22. The zero-order chi connectivity index (χ0) is 22.3. The molecule has 1 N–H and O–H groups in total. The first-order chi connectivity index (χ1) is 14.4. The van der Waals surface area contributed by atoms with Gasteiger partial charge in [-0.05, 0) is 41.5 Å². The number of hydrogen-bond donors (Lipinski definition) is 1. The first-order valence-corrected chi connectivity index (χ1v) is 10.7. The molecule has 2 aromatic heterocycles. The van der Waals surface area contributed by atoms with Crippen molar-refractivity contribution < 1.29 is 28.8 Å². The van der Waals surface area contributed by atoms with Crippen LogP contribution in [0, 0.1) is 6.92 Å². The molecule has 11 heteroatoms. The molecule has 3 unspecified atom stereocenters. The summed E-state index contributed by atoms with van der Waals surface area (Å²) in [7, 11) is 0. The van der Waals surface area contributed by atoms with Crippen LogP contribution in [0.4, 0.5) is 0 Å². The summed E-state index contributed by atoms with van der Waals surface area (Å²) in [6.07, 6.45) is -1.73. The Morgan fingerprint density at radius 2 is 1.77 bits per heavy atom. The van der Waals surface area contributed by atoms with E-state index >= 15 is 0 Å². The van der Waals surface area contributed by atoms with Gasteiger partial charge in [-0.25, -0.2) is 15.0 Å². The van der Waals surface area contributed by atoms with Crippen LogP contribution < -0.4 is 0 Å². The van der Waals surface area contributed by atoms with E-state index in [9.17, 15) is 5.11 Å². The summed E-state index contributed by atoms with van der Waals surface area (Å²) >= 11 is 6.27. The Morgan fingerprint density at radius 3 is 2.52 bits per heavy atom. The molecule has 3 aliphatic rings. The Morgan fingerprint density at radius 1 is 1.06 bits per heavy atom. The lowest BCUT2D eigenvalue weighted by Gasteiger charge is -2.42. The molecule has 31 heavy (non-hydrogen) atoms. The summed E-state index contributed by atoms with van der Waals surface area (Å²) in [6, 6.07) is 0. The van der Waals surface area contributed by atoms with Crippen molar-refractivity contribution in [1.82, 2.24) is 19.5 Å². The molecule has 0 amide bonds. The summed E-state index contributed by atoms with van der Waals surface area (Å²) in [5.41, 5.74) is -0.651. The Bertz CT molecular complexity index is 1020. The van der Waals surface area contributed by atoms with Crippen LogP contribution in [-0.2, 0) is 23.7 Å². The van der Waals surface area contributed by atoms with Crippen molar-refractivity contribution in [1.29, 1.82) is 0 Å². The molecule has 170 valence electrons. The molecular formula is C20H27ClN4O6. The number of ether oxygens (including phenoxy) is 5. The topological polar surface area (TPSA) is 110 Å². The van der Waals surface area contributed by atoms with Gasteiger partial charge in [0.05, 0.1) is 12.9 Å². The van der Waals surface area contributed by atoms with E-state index in [1.165, 1.54) is 6.33 Å². The second-order valence-electron chi connectivity index (χ2n) is 9.45. The fourth-order valence-corrected chi connectivity index (χ4v) is 4.89. The van der Waals surface area contributed by atoms with Crippen molar-refractivity contribution in [2.75, 3.05) is 6.61 Å². The molecule has 6 atom stereocenters. The van der Waals surface area contributed by atoms with E-state index in [1.54, 1.807) is 18.4 Å². The van der Waals surface area contributed by atoms with Crippen LogP contribution in [0.15, 0.2) is 6.33 Å². The minimum Gasteiger partial charge on any atom is -0.383 e. The van der Waals surface area contributed by atoms with Gasteiger partial charge in [-0.15, -0.1) is 0 Å². The Hall–Kier alpha value is -1.40. The van der Waals surface area contributed by atoms with Crippen molar-refractivity contribution in [3.05, 3.63) is 17.3 Å². The lowest BCUT2D eigenvalue weighted by atomic mass is 9.90. The average molecular weight is 455 g/mol. The molecule has 0 spiro atoms. The van der Waals surface area contributed by atoms with Gasteiger partial charge in [-0.1, -0.05) is 11.6 Å². The highest BCUT2D eigenvalue weighted by Gasteiger charge is 2.62. The number of aryl methyl sites for hydroxylation is 1. The van der Waals surface area contributed by atoms with Gasteiger partial charge in [0.15, 0.2) is 28.6 Å². The molecule has 0 aliphatic carbocycles. The summed E-state index contributed by atoms with van der Waals surface area (Å²) in [4.78, 5) is 13.0. The number of rotatable bonds is 1. The second-order valence-corrected chi connectivity index (χ2v) is 9.81. The highest BCUT2D eigenvalue weighted by atomic mass is 35.5. The normalized spacial score (nSPS) is 39.2. The van der Waals surface area contributed by atoms with E-state index in [2.05, 4.69) is 15.0 Å². The van der Waals surface area contributed by atoms with Crippen molar-refractivity contribution >= 4 is 22.8 Å². The minimum absolute atomic E-state index is 0.234. The summed E-state index contributed by atoms with van der Waals surface area (Å²) in [6.45, 7) is 11.0. The van der Waals surface area contributed by atoms with Crippen LogP contribution in [0.2, 0.25) is 5.15 Å². The van der Waals surface area contributed by atoms with Crippen molar-refractivity contribution in [3.63, 3.8) is 0 Å². The van der Waals surface area contributed by atoms with Gasteiger partial charge in [0.25, 0.3) is 0 Å². The lowest BCUT2D eigenvalue weighted by molar-refractivity contribution is -0.334. The molecule has 2 aromatic rings. The smallest absolute Gasteiger partial charge is 0.168 e. The van der Waals surface area contributed by atoms with Gasteiger partial charge in [0, 0.05) is 0 Å². The highest BCUT2D eigenvalue weighted by molar-refractivity contribution is 6.33. The van der Waals surface area contributed by atoms with Gasteiger partial charge in [0.2, 0.25) is 0 Å². The molecule has 0 radical (unpaired) electrons. The third kappa shape index (κ3) is 3.45. The molecule has 3 saturated heterocycles. The molecule has 3 aliphatic heterocycles.